The minimum absolute atomic E-state index is 0.0596. The number of aromatic hydroxyl groups is 1. The van der Waals surface area contributed by atoms with E-state index < -0.39 is 0 Å². The maximum Gasteiger partial charge on any atom is 0.230 e. The summed E-state index contributed by atoms with van der Waals surface area (Å²) >= 11 is 7.59. The lowest BCUT2D eigenvalue weighted by atomic mass is 9.95. The fourth-order valence-corrected chi connectivity index (χ4v) is 5.31. The summed E-state index contributed by atoms with van der Waals surface area (Å²) in [7, 11) is 0. The lowest BCUT2D eigenvalue weighted by Gasteiger charge is -2.37. The second kappa shape index (κ2) is 7.48. The summed E-state index contributed by atoms with van der Waals surface area (Å²) in [4.78, 5) is 8.50. The number of hydrogen-bond acceptors (Lipinski definition) is 6. The third kappa shape index (κ3) is 3.43. The highest BCUT2D eigenvalue weighted by molar-refractivity contribution is 7.17. The van der Waals surface area contributed by atoms with Crippen LogP contribution in [0.1, 0.15) is 36.2 Å². The zero-order valence-electron chi connectivity index (χ0n) is 16.0. The van der Waals surface area contributed by atoms with E-state index in [1.165, 1.54) is 22.3 Å². The average Bonchev–Trinajstić information content (AvgIpc) is 3.43. The van der Waals surface area contributed by atoms with Crippen LogP contribution in [0.2, 0.25) is 5.02 Å². The molecule has 5 rings (SSSR count). The third-order valence-corrected chi connectivity index (χ3v) is 6.75. The Balaban J connectivity index is 1.59. The van der Waals surface area contributed by atoms with E-state index in [9.17, 15) is 5.11 Å². The molecule has 29 heavy (non-hydrogen) atoms. The number of nitrogens with zero attached hydrogens (tertiary/aromatic N) is 4. The number of fused-ring (bicyclic) bond motifs is 1. The number of rotatable bonds is 4. The van der Waals surface area contributed by atoms with Crippen molar-refractivity contribution < 1.29 is 9.52 Å². The second-order valence-corrected chi connectivity index (χ2v) is 9.04. The zero-order chi connectivity index (χ0) is 20.0. The molecule has 1 aliphatic heterocycles. The zero-order valence-corrected chi connectivity index (χ0v) is 17.5. The van der Waals surface area contributed by atoms with Crippen molar-refractivity contribution in [1.29, 1.82) is 0 Å². The van der Waals surface area contributed by atoms with Crippen LogP contribution in [-0.2, 0) is 0 Å². The van der Waals surface area contributed by atoms with Crippen LogP contribution in [0, 0.1) is 5.92 Å². The number of likely N-dealkylation sites (tertiary alicyclic amines) is 1. The Morgan fingerprint density at radius 1 is 1.28 bits per heavy atom. The maximum absolute atomic E-state index is 11.1. The van der Waals surface area contributed by atoms with Gasteiger partial charge >= 0.3 is 0 Å². The van der Waals surface area contributed by atoms with Gasteiger partial charge in [-0.15, -0.1) is 5.10 Å². The fraction of sp³-hybridized carbons (Fsp3) is 0.333. The molecule has 1 N–H and O–H groups in total. The number of aromatic nitrogens is 3. The highest BCUT2D eigenvalue weighted by Gasteiger charge is 2.32. The van der Waals surface area contributed by atoms with Crippen molar-refractivity contribution in [1.82, 2.24) is 19.5 Å². The molecule has 1 aromatic carbocycles. The van der Waals surface area contributed by atoms with Gasteiger partial charge in [0.25, 0.3) is 0 Å². The molecule has 8 heteroatoms. The molecule has 1 aliphatic rings. The number of benzene rings is 1. The van der Waals surface area contributed by atoms with Gasteiger partial charge in [0.2, 0.25) is 16.7 Å². The minimum Gasteiger partial charge on any atom is -0.492 e. The van der Waals surface area contributed by atoms with Crippen LogP contribution in [0.25, 0.3) is 16.5 Å². The molecule has 3 aromatic heterocycles. The molecule has 6 nitrogen and oxygen atoms in total. The van der Waals surface area contributed by atoms with E-state index in [0.717, 1.165) is 30.0 Å². The predicted octanol–water partition coefficient (Wildman–Crippen LogP) is 5.23. The molecule has 0 aliphatic carbocycles. The molecular formula is C21H21ClN4O2S. The van der Waals surface area contributed by atoms with E-state index in [1.54, 1.807) is 12.3 Å². The van der Waals surface area contributed by atoms with E-state index in [1.807, 2.05) is 30.3 Å². The highest BCUT2D eigenvalue weighted by Crippen LogP contribution is 2.42. The quantitative estimate of drug-likeness (QED) is 0.482. The summed E-state index contributed by atoms with van der Waals surface area (Å²) in [6.45, 7) is 4.25. The van der Waals surface area contributed by atoms with Crippen molar-refractivity contribution in [2.75, 3.05) is 13.1 Å². The predicted molar refractivity (Wildman–Crippen MR) is 113 cm³/mol. The summed E-state index contributed by atoms with van der Waals surface area (Å²) in [6, 6.07) is 11.4. The standard InChI is InChI=1S/C21H21ClN4O2S/c1-13-4-2-10-25(12-13)17(14-6-8-15(22)9-7-14)18-20(27)26-21(29-18)23-19(24-26)16-5-3-11-28-16/h3,5-9,11,13,17,27H,2,4,10,12H2,1H3/t13-,17-/m1/s1. The maximum atomic E-state index is 11.1. The van der Waals surface area contributed by atoms with Gasteiger partial charge in [-0.2, -0.15) is 9.50 Å². The lowest BCUT2D eigenvalue weighted by Crippen LogP contribution is -2.37. The molecule has 1 fully saturated rings. The van der Waals surface area contributed by atoms with Crippen LogP contribution in [0.4, 0.5) is 0 Å². The Morgan fingerprint density at radius 3 is 2.79 bits per heavy atom. The van der Waals surface area contributed by atoms with Crippen LogP contribution in [0.3, 0.4) is 0 Å². The van der Waals surface area contributed by atoms with Crippen LogP contribution in [-0.4, -0.2) is 37.7 Å². The van der Waals surface area contributed by atoms with Crippen LogP contribution < -0.4 is 0 Å². The van der Waals surface area contributed by atoms with E-state index >= 15 is 0 Å². The molecule has 0 amide bonds. The van der Waals surface area contributed by atoms with Gasteiger partial charge in [-0.1, -0.05) is 42.0 Å². The molecule has 4 heterocycles. The van der Waals surface area contributed by atoms with Gasteiger partial charge in [-0.05, 0) is 55.1 Å². The van der Waals surface area contributed by atoms with Crippen molar-refractivity contribution in [3.8, 4) is 17.5 Å². The Hall–Kier alpha value is -2.35. The summed E-state index contributed by atoms with van der Waals surface area (Å²) in [5.74, 6) is 1.81. The molecule has 0 bridgehead atoms. The van der Waals surface area contributed by atoms with E-state index in [0.29, 0.717) is 27.5 Å². The highest BCUT2D eigenvalue weighted by atomic mass is 35.5. The Kier molecular flexibility index (Phi) is 4.81. The molecule has 4 aromatic rings. The third-order valence-electron chi connectivity index (χ3n) is 5.43. The van der Waals surface area contributed by atoms with Gasteiger partial charge in [0.1, 0.15) is 0 Å². The smallest absolute Gasteiger partial charge is 0.230 e. The summed E-state index contributed by atoms with van der Waals surface area (Å²) in [6.07, 6.45) is 3.97. The van der Waals surface area contributed by atoms with Gasteiger partial charge in [0.05, 0.1) is 17.2 Å². The topological polar surface area (TPSA) is 66.8 Å². The largest absolute Gasteiger partial charge is 0.492 e. The van der Waals surface area contributed by atoms with E-state index in [4.69, 9.17) is 16.0 Å². The second-order valence-electron chi connectivity index (χ2n) is 7.59. The normalized spacial score (nSPS) is 19.0. The first-order valence-corrected chi connectivity index (χ1v) is 10.9. The number of piperidine rings is 1. The summed E-state index contributed by atoms with van der Waals surface area (Å²) in [5.41, 5.74) is 1.11. The molecule has 0 spiro atoms. The van der Waals surface area contributed by atoms with Gasteiger partial charge in [0.15, 0.2) is 5.76 Å². The van der Waals surface area contributed by atoms with E-state index in [-0.39, 0.29) is 11.9 Å². The molecular weight excluding hydrogens is 408 g/mol. The minimum atomic E-state index is -0.0596. The lowest BCUT2D eigenvalue weighted by molar-refractivity contribution is 0.149. The molecule has 2 atom stereocenters. The van der Waals surface area contributed by atoms with E-state index in [2.05, 4.69) is 21.9 Å². The first kappa shape index (κ1) is 18.7. The average molecular weight is 429 g/mol. The van der Waals surface area contributed by atoms with Crippen molar-refractivity contribution >= 4 is 27.9 Å². The number of hydrogen-bond donors (Lipinski definition) is 1. The first-order chi connectivity index (χ1) is 14.1. The Morgan fingerprint density at radius 2 is 2.10 bits per heavy atom. The van der Waals surface area contributed by atoms with Crippen LogP contribution in [0.15, 0.2) is 47.1 Å². The molecule has 150 valence electrons. The van der Waals surface area contributed by atoms with Crippen molar-refractivity contribution in [2.24, 2.45) is 5.92 Å². The van der Waals surface area contributed by atoms with Gasteiger partial charge in [-0.3, -0.25) is 4.90 Å². The Bertz CT molecular complexity index is 1120. The monoisotopic (exact) mass is 428 g/mol. The Labute approximate surface area is 177 Å². The number of thiazole rings is 1. The fourth-order valence-electron chi connectivity index (χ4n) is 4.07. The van der Waals surface area contributed by atoms with Crippen LogP contribution in [0.5, 0.6) is 5.88 Å². The number of furan rings is 1. The van der Waals surface area contributed by atoms with Gasteiger partial charge in [-0.25, -0.2) is 0 Å². The van der Waals surface area contributed by atoms with Crippen LogP contribution >= 0.6 is 22.9 Å². The summed E-state index contributed by atoms with van der Waals surface area (Å²) < 4.78 is 6.90. The SMILES string of the molecule is C[C@@H]1CCCN([C@H](c2ccc(Cl)cc2)c2sc3nc(-c4ccco4)nn3c2O)C1. The van der Waals surface area contributed by atoms with Crippen molar-refractivity contribution in [2.45, 2.75) is 25.8 Å². The van der Waals surface area contributed by atoms with Crippen molar-refractivity contribution in [3.63, 3.8) is 0 Å². The van der Waals surface area contributed by atoms with Crippen molar-refractivity contribution in [3.05, 3.63) is 58.1 Å². The summed E-state index contributed by atoms with van der Waals surface area (Å²) in [5, 5.41) is 16.2. The molecule has 0 saturated carbocycles. The molecule has 0 unspecified atom stereocenters. The van der Waals surface area contributed by atoms with Gasteiger partial charge < -0.3 is 9.52 Å². The number of halogens is 1. The molecule has 1 saturated heterocycles. The van der Waals surface area contributed by atoms with Gasteiger partial charge in [0, 0.05) is 11.6 Å². The first-order valence-electron chi connectivity index (χ1n) is 9.72. The molecule has 0 radical (unpaired) electrons.